The summed E-state index contributed by atoms with van der Waals surface area (Å²) in [6.45, 7) is 6.63. The van der Waals surface area contributed by atoms with Gasteiger partial charge in [-0.05, 0) is 79.8 Å². The highest BCUT2D eigenvalue weighted by Crippen LogP contribution is 2.22. The molecule has 1 unspecified atom stereocenters. The monoisotopic (exact) mass is 411 g/mol. The maximum Gasteiger partial charge on any atom is 0.0247 e. The lowest BCUT2D eigenvalue weighted by Crippen LogP contribution is -2.08. The number of benzene rings is 2. The molecule has 0 nitrogen and oxygen atoms in total. The van der Waals surface area contributed by atoms with Crippen LogP contribution in [0.15, 0.2) is 48.5 Å². The van der Waals surface area contributed by atoms with Crippen LogP contribution in [0, 0.1) is 36.0 Å². The summed E-state index contributed by atoms with van der Waals surface area (Å²) in [6.07, 6.45) is 14.0. The fourth-order valence-corrected chi connectivity index (χ4v) is 3.70. The van der Waals surface area contributed by atoms with Gasteiger partial charge in [-0.25, -0.2) is 0 Å². The second-order valence-electron chi connectivity index (χ2n) is 8.40. The molecule has 2 rings (SSSR count). The molecular weight excluding hydrogens is 372 g/mol. The molecule has 0 heteroatoms. The third kappa shape index (κ3) is 10.4. The van der Waals surface area contributed by atoms with Crippen molar-refractivity contribution in [3.8, 4) is 23.7 Å². The molecule has 0 heterocycles. The molecule has 0 bridgehead atoms. The maximum atomic E-state index is 3.32. The minimum absolute atomic E-state index is 0.597. The Balaban J connectivity index is 2.03. The first-order chi connectivity index (χ1) is 15.2. The molecule has 0 aromatic heterocycles. The molecule has 0 aliphatic rings. The van der Waals surface area contributed by atoms with Crippen molar-refractivity contribution in [2.24, 2.45) is 5.92 Å². The van der Waals surface area contributed by atoms with Gasteiger partial charge in [-0.1, -0.05) is 88.0 Å². The van der Waals surface area contributed by atoms with Gasteiger partial charge in [0.05, 0.1) is 0 Å². The summed E-state index contributed by atoms with van der Waals surface area (Å²) in [5, 5.41) is 0. The zero-order chi connectivity index (χ0) is 22.2. The van der Waals surface area contributed by atoms with Gasteiger partial charge in [0.1, 0.15) is 0 Å². The van der Waals surface area contributed by atoms with Crippen LogP contribution in [0.1, 0.15) is 94.4 Å². The molecule has 2 aromatic carbocycles. The van der Waals surface area contributed by atoms with Gasteiger partial charge < -0.3 is 0 Å². The molecule has 0 aliphatic heterocycles. The highest BCUT2D eigenvalue weighted by Gasteiger charge is 2.11. The SMILES string of the molecule is CCCC#Cc1cccc(C[CH]C(CCCCC)Cc2cccc(C#CCCC)c2)c1. The Hall–Kier alpha value is -2.44. The third-order valence-corrected chi connectivity index (χ3v) is 5.43. The van der Waals surface area contributed by atoms with Crippen LogP contribution in [0.4, 0.5) is 0 Å². The topological polar surface area (TPSA) is 0 Å². The average Bonchev–Trinajstić information content (AvgIpc) is 2.78. The number of rotatable bonds is 11. The van der Waals surface area contributed by atoms with E-state index in [9.17, 15) is 0 Å². The molecule has 0 spiro atoms. The van der Waals surface area contributed by atoms with Crippen LogP contribution in [-0.4, -0.2) is 0 Å². The van der Waals surface area contributed by atoms with Gasteiger partial charge in [-0.15, -0.1) is 0 Å². The molecule has 0 saturated carbocycles. The van der Waals surface area contributed by atoms with E-state index >= 15 is 0 Å². The van der Waals surface area contributed by atoms with E-state index in [4.69, 9.17) is 0 Å². The Labute approximate surface area is 191 Å². The van der Waals surface area contributed by atoms with Crippen LogP contribution < -0.4 is 0 Å². The Morgan fingerprint density at radius 2 is 1.35 bits per heavy atom. The predicted octanol–water partition coefficient (Wildman–Crippen LogP) is 8.18. The molecule has 163 valence electrons. The lowest BCUT2D eigenvalue weighted by molar-refractivity contribution is 0.501. The fraction of sp³-hybridized carbons (Fsp3) is 0.452. The van der Waals surface area contributed by atoms with E-state index in [1.54, 1.807) is 0 Å². The van der Waals surface area contributed by atoms with Crippen LogP contribution in [0.3, 0.4) is 0 Å². The fourth-order valence-electron chi connectivity index (χ4n) is 3.70. The first kappa shape index (κ1) is 24.8. The largest absolute Gasteiger partial charge is 0.0979 e. The Bertz CT molecular complexity index is 881. The van der Waals surface area contributed by atoms with Crippen molar-refractivity contribution in [2.75, 3.05) is 0 Å². The Kier molecular flexibility index (Phi) is 12.3. The first-order valence-electron chi connectivity index (χ1n) is 12.2. The minimum atomic E-state index is 0.597. The van der Waals surface area contributed by atoms with E-state index in [-0.39, 0.29) is 0 Å². The van der Waals surface area contributed by atoms with Crippen LogP contribution in [-0.2, 0) is 12.8 Å². The highest BCUT2D eigenvalue weighted by atomic mass is 14.2. The van der Waals surface area contributed by atoms with Gasteiger partial charge >= 0.3 is 0 Å². The Morgan fingerprint density at radius 1 is 0.742 bits per heavy atom. The molecule has 0 amide bonds. The van der Waals surface area contributed by atoms with E-state index in [1.807, 2.05) is 0 Å². The van der Waals surface area contributed by atoms with E-state index in [0.717, 1.165) is 49.7 Å². The molecule has 31 heavy (non-hydrogen) atoms. The standard InChI is InChI=1S/C31H39/c1-4-7-10-15-27-18-13-20-30(24-27)23-22-29(17-12-9-6-3)26-31-21-14-19-28(25-31)16-11-8-5-2/h13-14,18-22,24-25,29H,4-9,12,17,23,26H2,1-3H3. The van der Waals surface area contributed by atoms with Gasteiger partial charge in [0.2, 0.25) is 0 Å². The van der Waals surface area contributed by atoms with E-state index < -0.39 is 0 Å². The molecule has 1 radical (unpaired) electrons. The number of unbranched alkanes of at least 4 members (excludes halogenated alkanes) is 4. The van der Waals surface area contributed by atoms with Gasteiger partial charge in [0.25, 0.3) is 0 Å². The zero-order valence-corrected chi connectivity index (χ0v) is 19.8. The van der Waals surface area contributed by atoms with Crippen molar-refractivity contribution in [2.45, 2.75) is 85.0 Å². The van der Waals surface area contributed by atoms with Gasteiger partial charge in [0, 0.05) is 24.0 Å². The van der Waals surface area contributed by atoms with Crippen LogP contribution in [0.25, 0.3) is 0 Å². The normalized spacial score (nSPS) is 11.2. The second-order valence-corrected chi connectivity index (χ2v) is 8.40. The summed E-state index contributed by atoms with van der Waals surface area (Å²) in [5.41, 5.74) is 5.06. The summed E-state index contributed by atoms with van der Waals surface area (Å²) in [6, 6.07) is 17.6. The summed E-state index contributed by atoms with van der Waals surface area (Å²) >= 11 is 0. The second kappa shape index (κ2) is 15.4. The lowest BCUT2D eigenvalue weighted by atomic mass is 9.88. The summed E-state index contributed by atoms with van der Waals surface area (Å²) in [5.74, 6) is 13.8. The van der Waals surface area contributed by atoms with E-state index in [0.29, 0.717) is 5.92 Å². The third-order valence-electron chi connectivity index (χ3n) is 5.43. The molecule has 2 aromatic rings. The van der Waals surface area contributed by atoms with Crippen molar-refractivity contribution in [3.63, 3.8) is 0 Å². The van der Waals surface area contributed by atoms with Crippen molar-refractivity contribution < 1.29 is 0 Å². The number of hydrogen-bond donors (Lipinski definition) is 0. The predicted molar refractivity (Wildman–Crippen MR) is 136 cm³/mol. The van der Waals surface area contributed by atoms with Crippen molar-refractivity contribution >= 4 is 0 Å². The van der Waals surface area contributed by atoms with Crippen LogP contribution in [0.2, 0.25) is 0 Å². The quantitative estimate of drug-likeness (QED) is 0.258. The molecule has 0 fully saturated rings. The summed E-state index contributed by atoms with van der Waals surface area (Å²) < 4.78 is 0. The van der Waals surface area contributed by atoms with Crippen molar-refractivity contribution in [1.29, 1.82) is 0 Å². The average molecular weight is 412 g/mol. The van der Waals surface area contributed by atoms with Crippen LogP contribution >= 0.6 is 0 Å². The molecule has 0 N–H and O–H groups in total. The minimum Gasteiger partial charge on any atom is -0.0979 e. The van der Waals surface area contributed by atoms with Crippen molar-refractivity contribution in [3.05, 3.63) is 77.2 Å². The maximum absolute atomic E-state index is 3.32. The van der Waals surface area contributed by atoms with Gasteiger partial charge in [0.15, 0.2) is 0 Å². The molecule has 1 atom stereocenters. The highest BCUT2D eigenvalue weighted by molar-refractivity contribution is 5.38. The van der Waals surface area contributed by atoms with E-state index in [2.05, 4.69) is 99.4 Å². The van der Waals surface area contributed by atoms with Crippen LogP contribution in [0.5, 0.6) is 0 Å². The summed E-state index contributed by atoms with van der Waals surface area (Å²) in [7, 11) is 0. The van der Waals surface area contributed by atoms with Crippen molar-refractivity contribution in [1.82, 2.24) is 0 Å². The molecule has 0 saturated heterocycles. The number of hydrogen-bond acceptors (Lipinski definition) is 0. The van der Waals surface area contributed by atoms with E-state index in [1.165, 1.54) is 36.8 Å². The molecule has 0 aliphatic carbocycles. The summed E-state index contributed by atoms with van der Waals surface area (Å²) in [4.78, 5) is 0. The first-order valence-corrected chi connectivity index (χ1v) is 12.2. The lowest BCUT2D eigenvalue weighted by Gasteiger charge is -2.17. The van der Waals surface area contributed by atoms with Gasteiger partial charge in [-0.2, -0.15) is 0 Å². The zero-order valence-electron chi connectivity index (χ0n) is 19.8. The van der Waals surface area contributed by atoms with Gasteiger partial charge in [-0.3, -0.25) is 0 Å². The smallest absolute Gasteiger partial charge is 0.0247 e. The molecular formula is C31H39. The Morgan fingerprint density at radius 3 is 1.97 bits per heavy atom.